The third kappa shape index (κ3) is 4.02. The van der Waals surface area contributed by atoms with E-state index in [0.29, 0.717) is 12.5 Å². The molecule has 1 saturated carbocycles. The van der Waals surface area contributed by atoms with Crippen LogP contribution < -0.4 is 11.3 Å². The molecule has 118 valence electrons. The monoisotopic (exact) mass is 294 g/mol. The number of nitrogens with one attached hydrogen (secondary N) is 1. The lowest BCUT2D eigenvalue weighted by Crippen LogP contribution is -2.43. The number of aryl methyl sites for hydroxylation is 1. The average Bonchev–Trinajstić information content (AvgIpc) is 2.51. The molecule has 1 fully saturated rings. The lowest BCUT2D eigenvalue weighted by atomic mass is 9.80. The average molecular weight is 294 g/mol. The molecule has 2 rings (SSSR count). The number of benzene rings is 1. The van der Waals surface area contributed by atoms with E-state index in [0.717, 1.165) is 24.0 Å². The first kappa shape index (κ1) is 16.4. The van der Waals surface area contributed by atoms with Crippen LogP contribution in [0.3, 0.4) is 0 Å². The van der Waals surface area contributed by atoms with Gasteiger partial charge in [-0.1, -0.05) is 25.3 Å². The van der Waals surface area contributed by atoms with Crippen LogP contribution in [-0.2, 0) is 4.74 Å². The van der Waals surface area contributed by atoms with E-state index in [2.05, 4.69) is 5.43 Å². The minimum Gasteiger partial charge on any atom is -0.376 e. The van der Waals surface area contributed by atoms with Gasteiger partial charge in [0.25, 0.3) is 0 Å². The Morgan fingerprint density at radius 3 is 2.67 bits per heavy atom. The summed E-state index contributed by atoms with van der Waals surface area (Å²) >= 11 is 0. The van der Waals surface area contributed by atoms with Crippen LogP contribution in [0.15, 0.2) is 18.2 Å². The smallest absolute Gasteiger partial charge is 0.123 e. The van der Waals surface area contributed by atoms with E-state index < -0.39 is 0 Å². The van der Waals surface area contributed by atoms with Gasteiger partial charge in [0.2, 0.25) is 0 Å². The Labute approximate surface area is 127 Å². The molecule has 3 nitrogen and oxygen atoms in total. The predicted octanol–water partition coefficient (Wildman–Crippen LogP) is 3.62. The Hall–Kier alpha value is -0.970. The highest BCUT2D eigenvalue weighted by Gasteiger charge is 2.32. The molecule has 0 saturated heterocycles. The van der Waals surface area contributed by atoms with Crippen molar-refractivity contribution >= 4 is 0 Å². The predicted molar refractivity (Wildman–Crippen MR) is 83.2 cm³/mol. The Morgan fingerprint density at radius 2 is 2.05 bits per heavy atom. The van der Waals surface area contributed by atoms with Crippen molar-refractivity contribution < 1.29 is 9.13 Å². The van der Waals surface area contributed by atoms with Crippen LogP contribution in [0.2, 0.25) is 0 Å². The molecule has 1 aliphatic carbocycles. The number of hydrogen-bond acceptors (Lipinski definition) is 3. The zero-order chi connectivity index (χ0) is 15.2. The summed E-state index contributed by atoms with van der Waals surface area (Å²) in [6.45, 7) is 4.64. The van der Waals surface area contributed by atoms with Crippen LogP contribution >= 0.6 is 0 Å². The molecule has 4 heteroatoms. The molecule has 0 spiro atoms. The molecule has 0 aliphatic heterocycles. The summed E-state index contributed by atoms with van der Waals surface area (Å²) in [5, 5.41) is 0. The molecule has 1 aromatic rings. The number of halogens is 1. The first-order valence-corrected chi connectivity index (χ1v) is 8.01. The van der Waals surface area contributed by atoms with Crippen LogP contribution in [0.1, 0.15) is 56.2 Å². The Morgan fingerprint density at radius 1 is 1.33 bits per heavy atom. The van der Waals surface area contributed by atoms with Gasteiger partial charge < -0.3 is 4.74 Å². The maximum Gasteiger partial charge on any atom is 0.123 e. The van der Waals surface area contributed by atoms with E-state index in [4.69, 9.17) is 10.6 Å². The zero-order valence-electron chi connectivity index (χ0n) is 13.1. The first-order chi connectivity index (χ1) is 10.2. The Kier molecular flexibility index (Phi) is 6.15. The summed E-state index contributed by atoms with van der Waals surface area (Å²) in [4.78, 5) is 0. The lowest BCUT2D eigenvalue weighted by molar-refractivity contribution is -0.0186. The topological polar surface area (TPSA) is 47.3 Å². The fourth-order valence-electron chi connectivity index (χ4n) is 3.47. The molecule has 0 aromatic heterocycles. The summed E-state index contributed by atoms with van der Waals surface area (Å²) in [6, 6.07) is 4.71. The molecule has 0 bridgehead atoms. The minimum atomic E-state index is -0.227. The van der Waals surface area contributed by atoms with Gasteiger partial charge >= 0.3 is 0 Å². The SMILES string of the molecule is CCOC(C1CCCCC1)C(NN)c1cc(F)ccc1C. The fraction of sp³-hybridized carbons (Fsp3) is 0.647. The summed E-state index contributed by atoms with van der Waals surface area (Å²) in [7, 11) is 0. The number of rotatable bonds is 6. The van der Waals surface area contributed by atoms with Crippen LogP contribution in [0.4, 0.5) is 4.39 Å². The van der Waals surface area contributed by atoms with Gasteiger partial charge in [0, 0.05) is 6.61 Å². The molecule has 2 atom stereocenters. The van der Waals surface area contributed by atoms with Crippen molar-refractivity contribution in [3.8, 4) is 0 Å². The molecule has 21 heavy (non-hydrogen) atoms. The van der Waals surface area contributed by atoms with E-state index in [-0.39, 0.29) is 18.0 Å². The van der Waals surface area contributed by atoms with Gasteiger partial charge in [0.1, 0.15) is 5.82 Å². The highest BCUT2D eigenvalue weighted by atomic mass is 19.1. The Balaban J connectivity index is 2.27. The molecule has 0 heterocycles. The Bertz CT molecular complexity index is 446. The van der Waals surface area contributed by atoms with Crippen LogP contribution in [0.5, 0.6) is 0 Å². The third-order valence-corrected chi connectivity index (χ3v) is 4.56. The molecular weight excluding hydrogens is 267 g/mol. The lowest BCUT2D eigenvalue weighted by Gasteiger charge is -2.36. The number of hydrogen-bond donors (Lipinski definition) is 2. The summed E-state index contributed by atoms with van der Waals surface area (Å²) in [5.74, 6) is 6.07. The van der Waals surface area contributed by atoms with Crippen LogP contribution in [0, 0.1) is 18.7 Å². The molecular formula is C17H27FN2O. The van der Waals surface area contributed by atoms with E-state index in [9.17, 15) is 4.39 Å². The van der Waals surface area contributed by atoms with Gasteiger partial charge in [-0.25, -0.2) is 4.39 Å². The van der Waals surface area contributed by atoms with Crippen LogP contribution in [0.25, 0.3) is 0 Å². The summed E-state index contributed by atoms with van der Waals surface area (Å²) in [5.41, 5.74) is 4.82. The summed E-state index contributed by atoms with van der Waals surface area (Å²) in [6.07, 6.45) is 6.12. The van der Waals surface area contributed by atoms with Crippen molar-refractivity contribution in [1.82, 2.24) is 5.43 Å². The third-order valence-electron chi connectivity index (χ3n) is 4.56. The molecule has 1 aliphatic rings. The van der Waals surface area contributed by atoms with Crippen molar-refractivity contribution in [3.05, 3.63) is 35.1 Å². The summed E-state index contributed by atoms with van der Waals surface area (Å²) < 4.78 is 19.6. The van der Waals surface area contributed by atoms with Gasteiger partial charge in [0.05, 0.1) is 12.1 Å². The largest absolute Gasteiger partial charge is 0.376 e. The van der Waals surface area contributed by atoms with E-state index in [1.165, 1.54) is 25.3 Å². The standard InChI is InChI=1S/C17H27FN2O/c1-3-21-17(13-7-5-4-6-8-13)16(20-19)15-11-14(18)10-9-12(15)2/h9-11,13,16-17,20H,3-8,19H2,1-2H3. The fourth-order valence-corrected chi connectivity index (χ4v) is 3.47. The molecule has 3 N–H and O–H groups in total. The van der Waals surface area contributed by atoms with Gasteiger partial charge in [-0.15, -0.1) is 0 Å². The number of hydrazine groups is 1. The quantitative estimate of drug-likeness (QED) is 0.622. The normalized spacial score (nSPS) is 19.4. The second kappa shape index (κ2) is 7.87. The van der Waals surface area contributed by atoms with Crippen molar-refractivity contribution in [2.24, 2.45) is 11.8 Å². The number of ether oxygens (including phenoxy) is 1. The molecule has 1 aromatic carbocycles. The second-order valence-corrected chi connectivity index (χ2v) is 5.96. The van der Waals surface area contributed by atoms with Crippen molar-refractivity contribution in [3.63, 3.8) is 0 Å². The molecule has 0 radical (unpaired) electrons. The van der Waals surface area contributed by atoms with Crippen molar-refractivity contribution in [2.75, 3.05) is 6.61 Å². The second-order valence-electron chi connectivity index (χ2n) is 5.96. The molecule has 0 amide bonds. The van der Waals surface area contributed by atoms with Crippen LogP contribution in [-0.4, -0.2) is 12.7 Å². The minimum absolute atomic E-state index is 0.000741. The van der Waals surface area contributed by atoms with E-state index in [1.54, 1.807) is 12.1 Å². The zero-order valence-corrected chi connectivity index (χ0v) is 13.1. The van der Waals surface area contributed by atoms with E-state index in [1.807, 2.05) is 13.8 Å². The van der Waals surface area contributed by atoms with Crippen molar-refractivity contribution in [1.29, 1.82) is 0 Å². The van der Waals surface area contributed by atoms with Gasteiger partial charge in [0.15, 0.2) is 0 Å². The van der Waals surface area contributed by atoms with E-state index >= 15 is 0 Å². The highest BCUT2D eigenvalue weighted by molar-refractivity contribution is 5.30. The van der Waals surface area contributed by atoms with Gasteiger partial charge in [-0.3, -0.25) is 11.3 Å². The van der Waals surface area contributed by atoms with Gasteiger partial charge in [-0.05, 0) is 55.9 Å². The first-order valence-electron chi connectivity index (χ1n) is 8.01. The maximum absolute atomic E-state index is 13.6. The molecule has 2 unspecified atom stereocenters. The number of nitrogens with two attached hydrogens (primary N) is 1. The highest BCUT2D eigenvalue weighted by Crippen LogP contribution is 2.35. The maximum atomic E-state index is 13.6. The van der Waals surface area contributed by atoms with Crippen molar-refractivity contribution in [2.45, 2.75) is 58.1 Å². The van der Waals surface area contributed by atoms with Gasteiger partial charge in [-0.2, -0.15) is 0 Å².